The largest absolute Gasteiger partial charge is 0.349 e. The van der Waals surface area contributed by atoms with Crippen LogP contribution in [0.2, 0.25) is 0 Å². The summed E-state index contributed by atoms with van der Waals surface area (Å²) in [6, 6.07) is 19.8. The summed E-state index contributed by atoms with van der Waals surface area (Å²) < 4.78 is 0. The van der Waals surface area contributed by atoms with Crippen molar-refractivity contribution in [1.82, 2.24) is 10.6 Å². The average molecular weight is 448 g/mol. The third kappa shape index (κ3) is 5.64. The van der Waals surface area contributed by atoms with Gasteiger partial charge in [0.05, 0.1) is 23.8 Å². The van der Waals surface area contributed by atoms with E-state index < -0.39 is 0 Å². The van der Waals surface area contributed by atoms with E-state index in [0.717, 1.165) is 36.1 Å². The van der Waals surface area contributed by atoms with Gasteiger partial charge in [0.1, 0.15) is 0 Å². The van der Waals surface area contributed by atoms with E-state index in [0.29, 0.717) is 11.3 Å². The first-order chi connectivity index (χ1) is 15.6. The van der Waals surface area contributed by atoms with E-state index in [1.165, 1.54) is 5.56 Å². The standard InChI is InChI=1S/C26H29N3O2S/c1-18-12-14-19(15-13-18)25(23-11-6-16-32-23)27-17-24(30)29-22-10-5-4-9-21(22)26(31)28-20-7-2-3-8-20/h4-6,9-16,20,25,27H,2-3,7-8,17H2,1H3,(H,28,31)(H,29,30)/t25-/m0/s1. The normalized spacial score (nSPS) is 14.8. The lowest BCUT2D eigenvalue weighted by atomic mass is 10.0. The highest BCUT2D eigenvalue weighted by Crippen LogP contribution is 2.26. The number of nitrogens with one attached hydrogen (secondary N) is 3. The Morgan fingerprint density at radius 1 is 1.00 bits per heavy atom. The van der Waals surface area contributed by atoms with E-state index in [-0.39, 0.29) is 30.4 Å². The molecule has 1 aliphatic rings. The molecule has 1 aromatic heterocycles. The summed E-state index contributed by atoms with van der Waals surface area (Å²) in [4.78, 5) is 26.7. The lowest BCUT2D eigenvalue weighted by Crippen LogP contribution is -2.34. The van der Waals surface area contributed by atoms with Crippen LogP contribution in [0.25, 0.3) is 0 Å². The van der Waals surface area contributed by atoms with Crippen LogP contribution in [0.3, 0.4) is 0 Å². The summed E-state index contributed by atoms with van der Waals surface area (Å²) in [6.07, 6.45) is 4.35. The molecule has 1 atom stereocenters. The van der Waals surface area contributed by atoms with Gasteiger partial charge >= 0.3 is 0 Å². The minimum Gasteiger partial charge on any atom is -0.349 e. The predicted molar refractivity (Wildman–Crippen MR) is 130 cm³/mol. The van der Waals surface area contributed by atoms with Crippen LogP contribution in [0.5, 0.6) is 0 Å². The zero-order chi connectivity index (χ0) is 22.3. The van der Waals surface area contributed by atoms with Gasteiger partial charge in [-0.05, 0) is 48.9 Å². The van der Waals surface area contributed by atoms with Gasteiger partial charge in [0.2, 0.25) is 5.91 Å². The second-order valence-corrected chi connectivity index (χ2v) is 9.27. The number of carbonyl (C=O) groups is 2. The Balaban J connectivity index is 1.42. The van der Waals surface area contributed by atoms with Crippen LogP contribution in [-0.4, -0.2) is 24.4 Å². The van der Waals surface area contributed by atoms with Crippen LogP contribution in [0.1, 0.15) is 58.1 Å². The van der Waals surface area contributed by atoms with Crippen molar-refractivity contribution in [2.24, 2.45) is 0 Å². The number of carbonyl (C=O) groups excluding carboxylic acids is 2. The molecule has 2 aromatic carbocycles. The smallest absolute Gasteiger partial charge is 0.253 e. The number of benzene rings is 2. The van der Waals surface area contributed by atoms with Crippen molar-refractivity contribution < 1.29 is 9.59 Å². The highest BCUT2D eigenvalue weighted by atomic mass is 32.1. The van der Waals surface area contributed by atoms with Gasteiger partial charge in [-0.25, -0.2) is 0 Å². The van der Waals surface area contributed by atoms with E-state index >= 15 is 0 Å². The molecule has 6 heteroatoms. The Morgan fingerprint density at radius 3 is 2.47 bits per heavy atom. The third-order valence-electron chi connectivity index (χ3n) is 5.84. The number of anilines is 1. The minimum absolute atomic E-state index is 0.0674. The first-order valence-corrected chi connectivity index (χ1v) is 12.0. The maximum atomic E-state index is 12.8. The van der Waals surface area contributed by atoms with Crippen molar-refractivity contribution in [2.75, 3.05) is 11.9 Å². The average Bonchev–Trinajstić information content (AvgIpc) is 3.50. The summed E-state index contributed by atoms with van der Waals surface area (Å²) in [7, 11) is 0. The lowest BCUT2D eigenvalue weighted by Gasteiger charge is -2.19. The van der Waals surface area contributed by atoms with Crippen molar-refractivity contribution in [1.29, 1.82) is 0 Å². The summed E-state index contributed by atoms with van der Waals surface area (Å²) in [6.45, 7) is 2.19. The fourth-order valence-electron chi connectivity index (χ4n) is 4.11. The molecule has 32 heavy (non-hydrogen) atoms. The quantitative estimate of drug-likeness (QED) is 0.453. The molecule has 2 amide bonds. The van der Waals surface area contributed by atoms with E-state index in [2.05, 4.69) is 53.2 Å². The summed E-state index contributed by atoms with van der Waals surface area (Å²) >= 11 is 1.66. The molecule has 5 nitrogen and oxygen atoms in total. The van der Waals surface area contributed by atoms with Crippen molar-refractivity contribution in [3.63, 3.8) is 0 Å². The molecule has 0 aliphatic heterocycles. The Kier molecular flexibility index (Phi) is 7.35. The summed E-state index contributed by atoms with van der Waals surface area (Å²) in [5.41, 5.74) is 3.35. The van der Waals surface area contributed by atoms with Gasteiger partial charge in [0, 0.05) is 10.9 Å². The molecule has 1 saturated carbocycles. The molecule has 3 N–H and O–H groups in total. The molecule has 4 rings (SSSR count). The van der Waals surface area contributed by atoms with Crippen LogP contribution in [-0.2, 0) is 4.79 Å². The number of thiophene rings is 1. The monoisotopic (exact) mass is 447 g/mol. The second-order valence-electron chi connectivity index (χ2n) is 8.29. The molecule has 3 aromatic rings. The van der Waals surface area contributed by atoms with Crippen LogP contribution in [0.15, 0.2) is 66.0 Å². The van der Waals surface area contributed by atoms with E-state index in [1.54, 1.807) is 23.5 Å². The number of aryl methyl sites for hydroxylation is 1. The van der Waals surface area contributed by atoms with Crippen molar-refractivity contribution in [3.05, 3.63) is 87.6 Å². The van der Waals surface area contributed by atoms with Gasteiger partial charge in [0.25, 0.3) is 5.91 Å². The van der Waals surface area contributed by atoms with E-state index in [9.17, 15) is 9.59 Å². The first kappa shape index (κ1) is 22.2. The van der Waals surface area contributed by atoms with Crippen LogP contribution in [0, 0.1) is 6.92 Å². The number of rotatable bonds is 8. The molecular formula is C26H29N3O2S. The van der Waals surface area contributed by atoms with Crippen LogP contribution < -0.4 is 16.0 Å². The second kappa shape index (κ2) is 10.6. The molecule has 0 unspecified atom stereocenters. The Morgan fingerprint density at radius 2 is 1.75 bits per heavy atom. The Labute approximate surface area is 193 Å². The maximum Gasteiger partial charge on any atom is 0.253 e. The number of amides is 2. The van der Waals surface area contributed by atoms with Gasteiger partial charge in [-0.3, -0.25) is 14.9 Å². The topological polar surface area (TPSA) is 70.2 Å². The van der Waals surface area contributed by atoms with Gasteiger partial charge in [-0.15, -0.1) is 11.3 Å². The lowest BCUT2D eigenvalue weighted by molar-refractivity contribution is -0.115. The minimum atomic E-state index is -0.181. The van der Waals surface area contributed by atoms with E-state index in [4.69, 9.17) is 0 Å². The van der Waals surface area contributed by atoms with Gasteiger partial charge in [-0.1, -0.05) is 60.9 Å². The summed E-state index contributed by atoms with van der Waals surface area (Å²) in [5, 5.41) is 11.4. The van der Waals surface area contributed by atoms with Crippen molar-refractivity contribution in [2.45, 2.75) is 44.7 Å². The Hall–Kier alpha value is -2.96. The number of para-hydroxylation sites is 1. The van der Waals surface area contributed by atoms with Crippen molar-refractivity contribution >= 4 is 28.8 Å². The highest BCUT2D eigenvalue weighted by molar-refractivity contribution is 7.10. The van der Waals surface area contributed by atoms with Gasteiger partial charge < -0.3 is 10.6 Å². The molecule has 166 valence electrons. The van der Waals surface area contributed by atoms with Crippen molar-refractivity contribution in [3.8, 4) is 0 Å². The third-order valence-corrected chi connectivity index (χ3v) is 6.78. The molecule has 1 heterocycles. The molecule has 0 saturated heterocycles. The fourth-order valence-corrected chi connectivity index (χ4v) is 4.94. The molecule has 0 bridgehead atoms. The van der Waals surface area contributed by atoms with Gasteiger partial charge in [0.15, 0.2) is 0 Å². The predicted octanol–water partition coefficient (Wildman–Crippen LogP) is 5.05. The zero-order valence-electron chi connectivity index (χ0n) is 18.3. The molecular weight excluding hydrogens is 418 g/mol. The number of hydrogen-bond acceptors (Lipinski definition) is 4. The molecule has 1 aliphatic carbocycles. The molecule has 1 fully saturated rings. The zero-order valence-corrected chi connectivity index (χ0v) is 19.1. The van der Waals surface area contributed by atoms with Gasteiger partial charge in [-0.2, -0.15) is 0 Å². The van der Waals surface area contributed by atoms with E-state index in [1.807, 2.05) is 23.6 Å². The molecule has 0 spiro atoms. The Bertz CT molecular complexity index is 1040. The SMILES string of the molecule is Cc1ccc([C@H](NCC(=O)Nc2ccccc2C(=O)NC2CCCC2)c2cccs2)cc1. The first-order valence-electron chi connectivity index (χ1n) is 11.1. The maximum absolute atomic E-state index is 12.8. The van der Waals surface area contributed by atoms with Crippen LogP contribution in [0.4, 0.5) is 5.69 Å². The number of hydrogen-bond donors (Lipinski definition) is 3. The fraction of sp³-hybridized carbons (Fsp3) is 0.308. The molecule has 0 radical (unpaired) electrons. The van der Waals surface area contributed by atoms with Crippen LogP contribution >= 0.6 is 11.3 Å². The highest BCUT2D eigenvalue weighted by Gasteiger charge is 2.21. The summed E-state index contributed by atoms with van der Waals surface area (Å²) in [5.74, 6) is -0.309.